The maximum Gasteiger partial charge on any atom is 0.348 e. The van der Waals surface area contributed by atoms with Crippen molar-refractivity contribution in [1.29, 1.82) is 0 Å². The van der Waals surface area contributed by atoms with Gasteiger partial charge in [0.2, 0.25) is 5.88 Å². The normalized spacial score (nSPS) is 15.5. The van der Waals surface area contributed by atoms with Crippen molar-refractivity contribution >= 4 is 17.4 Å². The molecule has 1 atom stereocenters. The predicted octanol–water partition coefficient (Wildman–Crippen LogP) is 6.44. The van der Waals surface area contributed by atoms with Crippen LogP contribution in [0.15, 0.2) is 41.3 Å². The molecule has 1 fully saturated rings. The maximum absolute atomic E-state index is 13.7. The zero-order chi connectivity index (χ0) is 27.3. The van der Waals surface area contributed by atoms with E-state index in [0.29, 0.717) is 34.9 Å². The Labute approximate surface area is 225 Å². The van der Waals surface area contributed by atoms with Gasteiger partial charge in [-0.2, -0.15) is 4.98 Å². The Kier molecular flexibility index (Phi) is 8.87. The molecule has 1 aliphatic rings. The summed E-state index contributed by atoms with van der Waals surface area (Å²) in [6.45, 7) is 4.06. The lowest BCUT2D eigenvalue weighted by Gasteiger charge is -2.26. The van der Waals surface area contributed by atoms with Crippen LogP contribution in [-0.4, -0.2) is 38.2 Å². The molecule has 4 rings (SSSR count). The largest absolute Gasteiger partial charge is 0.475 e. The highest BCUT2D eigenvalue weighted by molar-refractivity contribution is 6.33. The van der Waals surface area contributed by atoms with Gasteiger partial charge in [-0.3, -0.25) is 9.78 Å². The lowest BCUT2D eigenvalue weighted by atomic mass is 9.79. The summed E-state index contributed by atoms with van der Waals surface area (Å²) in [5.41, 5.74) is -0.433. The summed E-state index contributed by atoms with van der Waals surface area (Å²) in [5.74, 6) is 0.440. The number of alkyl halides is 2. The second-order valence-electron chi connectivity index (χ2n) is 9.83. The van der Waals surface area contributed by atoms with E-state index in [-0.39, 0.29) is 43.4 Å². The maximum atomic E-state index is 13.7. The summed E-state index contributed by atoms with van der Waals surface area (Å²) >= 11 is 6.43. The van der Waals surface area contributed by atoms with Crippen LogP contribution in [0.4, 0.5) is 8.78 Å². The number of aromatic amines is 1. The molecule has 0 radical (unpaired) electrons. The summed E-state index contributed by atoms with van der Waals surface area (Å²) < 4.78 is 33.3. The monoisotopic (exact) mass is 544 g/mol. The molecule has 0 bridgehead atoms. The fraction of sp³-hybridized carbons (Fsp3) is 0.464. The number of aromatic nitrogens is 4. The molecule has 1 N–H and O–H groups in total. The average Bonchev–Trinajstić information content (AvgIpc) is 3.40. The first-order valence-electron chi connectivity index (χ1n) is 12.9. The fourth-order valence-electron chi connectivity index (χ4n) is 4.94. The number of ketones is 1. The number of hydrogen-bond acceptors (Lipinski definition) is 6. The molecule has 7 nitrogen and oxygen atoms in total. The molecule has 2 heterocycles. The molecule has 2 aromatic heterocycles. The SMILES string of the molecule is CCC[C@H](C)Oc1ccc(-c2nc(-c3cc(CCC(=O)C4(C(F)F)CCCC4)ccc3Cl)[nH]c(=O)n2)cn1. The van der Waals surface area contributed by atoms with E-state index in [1.807, 2.05) is 6.92 Å². The van der Waals surface area contributed by atoms with Crippen LogP contribution in [-0.2, 0) is 11.2 Å². The van der Waals surface area contributed by atoms with Crippen molar-refractivity contribution in [1.82, 2.24) is 19.9 Å². The lowest BCUT2D eigenvalue weighted by molar-refractivity contribution is -0.137. The van der Waals surface area contributed by atoms with Gasteiger partial charge in [0.05, 0.1) is 16.5 Å². The van der Waals surface area contributed by atoms with Crippen LogP contribution in [0.5, 0.6) is 5.88 Å². The number of halogens is 3. The Morgan fingerprint density at radius 2 is 1.95 bits per heavy atom. The number of nitrogens with zero attached hydrogens (tertiary/aromatic N) is 3. The summed E-state index contributed by atoms with van der Waals surface area (Å²) in [4.78, 5) is 40.5. The molecule has 0 spiro atoms. The summed E-state index contributed by atoms with van der Waals surface area (Å²) in [6, 6.07) is 8.52. The number of benzene rings is 1. The van der Waals surface area contributed by atoms with Crippen molar-refractivity contribution in [2.45, 2.75) is 77.7 Å². The van der Waals surface area contributed by atoms with Crippen molar-refractivity contribution in [2.24, 2.45) is 5.41 Å². The van der Waals surface area contributed by atoms with Gasteiger partial charge >= 0.3 is 5.69 Å². The predicted molar refractivity (Wildman–Crippen MR) is 142 cm³/mol. The minimum atomic E-state index is -2.65. The third kappa shape index (κ3) is 6.26. The van der Waals surface area contributed by atoms with Crippen molar-refractivity contribution in [2.75, 3.05) is 0 Å². The van der Waals surface area contributed by atoms with Crippen molar-refractivity contribution in [3.63, 3.8) is 0 Å². The third-order valence-electron chi connectivity index (χ3n) is 7.06. The number of H-pyrrole nitrogens is 1. The number of rotatable bonds is 11. The Balaban J connectivity index is 1.54. The molecular formula is C28H31ClF2N4O3. The van der Waals surface area contributed by atoms with Gasteiger partial charge in [0.15, 0.2) is 5.82 Å². The van der Waals surface area contributed by atoms with Crippen molar-refractivity contribution in [3.8, 4) is 28.7 Å². The second kappa shape index (κ2) is 12.1. The number of carbonyl (C=O) groups excluding carboxylic acids is 1. The highest BCUT2D eigenvalue weighted by atomic mass is 35.5. The summed E-state index contributed by atoms with van der Waals surface area (Å²) in [6.07, 6.45) is 2.88. The molecule has 1 aliphatic carbocycles. The van der Waals surface area contributed by atoms with Crippen LogP contribution in [0, 0.1) is 5.41 Å². The lowest BCUT2D eigenvalue weighted by Crippen LogP contribution is -2.35. The highest BCUT2D eigenvalue weighted by Gasteiger charge is 2.48. The summed E-state index contributed by atoms with van der Waals surface area (Å²) in [5, 5.41) is 0.340. The van der Waals surface area contributed by atoms with Gasteiger partial charge in [-0.05, 0) is 56.4 Å². The van der Waals surface area contributed by atoms with Gasteiger partial charge in [0.1, 0.15) is 11.6 Å². The van der Waals surface area contributed by atoms with Gasteiger partial charge in [0, 0.05) is 29.8 Å². The Hall–Kier alpha value is -3.20. The van der Waals surface area contributed by atoms with E-state index in [1.165, 1.54) is 6.20 Å². The Bertz CT molecular complexity index is 1320. The van der Waals surface area contributed by atoms with Crippen molar-refractivity contribution < 1.29 is 18.3 Å². The molecule has 0 aliphatic heterocycles. The molecule has 1 aromatic carbocycles. The standard InChI is InChI=1S/C28H31ClF2N4O3/c1-3-6-17(2)38-23-12-9-19(16-32-23)24-33-25(35-27(37)34-24)20-15-18(7-10-21(20)29)8-11-22(36)28(26(30)31)13-4-5-14-28/h7,9-10,12,15-17,26H,3-6,8,11,13-14H2,1-2H3,(H,33,34,35,37)/t17-/m0/s1. The van der Waals surface area contributed by atoms with Gasteiger partial charge in [-0.25, -0.2) is 23.5 Å². The highest BCUT2D eigenvalue weighted by Crippen LogP contribution is 2.45. The van der Waals surface area contributed by atoms with Gasteiger partial charge in [-0.15, -0.1) is 0 Å². The molecular weight excluding hydrogens is 514 g/mol. The van der Waals surface area contributed by atoms with E-state index in [1.54, 1.807) is 30.3 Å². The minimum absolute atomic E-state index is 0.00786. The van der Waals surface area contributed by atoms with Crippen LogP contribution >= 0.6 is 11.6 Å². The van der Waals surface area contributed by atoms with E-state index >= 15 is 0 Å². The van der Waals surface area contributed by atoms with E-state index in [2.05, 4.69) is 26.9 Å². The molecule has 202 valence electrons. The van der Waals surface area contributed by atoms with E-state index in [4.69, 9.17) is 16.3 Å². The Morgan fingerprint density at radius 3 is 2.61 bits per heavy atom. The van der Waals surface area contributed by atoms with Crippen molar-refractivity contribution in [3.05, 3.63) is 57.6 Å². The minimum Gasteiger partial charge on any atom is -0.475 e. The number of ether oxygens (including phenoxy) is 1. The first-order valence-corrected chi connectivity index (χ1v) is 13.3. The quantitative estimate of drug-likeness (QED) is 0.298. The first kappa shape index (κ1) is 27.8. The van der Waals surface area contributed by atoms with Gasteiger partial charge in [-0.1, -0.05) is 43.9 Å². The second-order valence-corrected chi connectivity index (χ2v) is 10.2. The van der Waals surface area contributed by atoms with Crippen LogP contribution in [0.1, 0.15) is 64.4 Å². The number of Topliss-reactive ketones (excluding diaryl/α,β-unsaturated/α-hetero) is 1. The average molecular weight is 545 g/mol. The van der Waals surface area contributed by atoms with Crippen LogP contribution < -0.4 is 10.4 Å². The Morgan fingerprint density at radius 1 is 1.18 bits per heavy atom. The molecule has 0 amide bonds. The summed E-state index contributed by atoms with van der Waals surface area (Å²) in [7, 11) is 0. The number of nitrogens with one attached hydrogen (secondary N) is 1. The number of pyridine rings is 1. The number of aryl methyl sites for hydroxylation is 1. The third-order valence-corrected chi connectivity index (χ3v) is 7.39. The van der Waals surface area contributed by atoms with Crippen LogP contribution in [0.25, 0.3) is 22.8 Å². The smallest absolute Gasteiger partial charge is 0.348 e. The molecule has 10 heteroatoms. The molecule has 0 saturated heterocycles. The molecule has 0 unspecified atom stereocenters. The number of hydrogen-bond donors (Lipinski definition) is 1. The molecule has 1 saturated carbocycles. The van der Waals surface area contributed by atoms with E-state index < -0.39 is 23.3 Å². The zero-order valence-corrected chi connectivity index (χ0v) is 22.2. The topological polar surface area (TPSA) is 97.8 Å². The van der Waals surface area contributed by atoms with Crippen LogP contribution in [0.3, 0.4) is 0 Å². The van der Waals surface area contributed by atoms with Gasteiger partial charge in [0.25, 0.3) is 6.43 Å². The van der Waals surface area contributed by atoms with Crippen LogP contribution in [0.2, 0.25) is 5.02 Å². The molecule has 3 aromatic rings. The molecule has 38 heavy (non-hydrogen) atoms. The number of carbonyl (C=O) groups is 1. The van der Waals surface area contributed by atoms with Gasteiger partial charge < -0.3 is 4.74 Å². The van der Waals surface area contributed by atoms with E-state index in [9.17, 15) is 18.4 Å². The fourth-order valence-corrected chi connectivity index (χ4v) is 5.14. The van der Waals surface area contributed by atoms with E-state index in [0.717, 1.165) is 18.4 Å². The first-order chi connectivity index (χ1) is 18.2. The zero-order valence-electron chi connectivity index (χ0n) is 21.5.